The fraction of sp³-hybridized carbons (Fsp3) is 0.273. The lowest BCUT2D eigenvalue weighted by Crippen LogP contribution is -2.39. The molecular weight excluding hydrogens is 395 g/mol. The minimum atomic E-state index is -0.392. The zero-order valence-electron chi connectivity index (χ0n) is 16.3. The van der Waals surface area contributed by atoms with Crippen LogP contribution in [-0.2, 0) is 4.79 Å². The average Bonchev–Trinajstić information content (AvgIpc) is 3.22. The Labute approximate surface area is 174 Å². The fourth-order valence-corrected chi connectivity index (χ4v) is 3.77. The third kappa shape index (κ3) is 4.27. The van der Waals surface area contributed by atoms with Crippen LogP contribution in [0.4, 0.5) is 4.39 Å². The summed E-state index contributed by atoms with van der Waals surface area (Å²) in [6.45, 7) is 4.54. The van der Waals surface area contributed by atoms with Crippen LogP contribution in [-0.4, -0.2) is 54.9 Å². The van der Waals surface area contributed by atoms with Crippen LogP contribution in [0.2, 0.25) is 5.02 Å². The van der Waals surface area contributed by atoms with Crippen molar-refractivity contribution in [3.63, 3.8) is 0 Å². The van der Waals surface area contributed by atoms with Gasteiger partial charge in [0.1, 0.15) is 11.6 Å². The van der Waals surface area contributed by atoms with Crippen molar-refractivity contribution in [2.24, 2.45) is 0 Å². The lowest BCUT2D eigenvalue weighted by Gasteiger charge is -2.25. The number of carbonyl (C=O) groups excluding carboxylic acids is 2. The summed E-state index contributed by atoms with van der Waals surface area (Å²) < 4.78 is 19.0. The number of carbonyl (C=O) groups is 2. The molecule has 152 valence electrons. The Bertz CT molecular complexity index is 963. The van der Waals surface area contributed by atoms with Gasteiger partial charge in [0.2, 0.25) is 5.91 Å². The van der Waals surface area contributed by atoms with Gasteiger partial charge in [-0.15, -0.1) is 0 Å². The number of halogens is 2. The normalized spacial score (nSPS) is 15.9. The highest BCUT2D eigenvalue weighted by molar-refractivity contribution is 6.34. The molecule has 0 N–H and O–H groups in total. The third-order valence-electron chi connectivity index (χ3n) is 5.19. The molecule has 7 heteroatoms. The first-order chi connectivity index (χ1) is 13.8. The Morgan fingerprint density at radius 3 is 2.72 bits per heavy atom. The maximum Gasteiger partial charge on any atom is 0.255 e. The molecule has 0 aromatic heterocycles. The van der Waals surface area contributed by atoms with E-state index in [1.165, 1.54) is 25.3 Å². The van der Waals surface area contributed by atoms with E-state index >= 15 is 0 Å². The van der Waals surface area contributed by atoms with Crippen molar-refractivity contribution in [1.82, 2.24) is 9.80 Å². The molecule has 0 bridgehead atoms. The van der Waals surface area contributed by atoms with Crippen LogP contribution in [0.15, 0.2) is 49.1 Å². The summed E-state index contributed by atoms with van der Waals surface area (Å²) in [6.07, 6.45) is 1.97. The van der Waals surface area contributed by atoms with Gasteiger partial charge < -0.3 is 14.5 Å². The average molecular weight is 417 g/mol. The highest BCUT2D eigenvalue weighted by atomic mass is 35.5. The van der Waals surface area contributed by atoms with Gasteiger partial charge in [0.05, 0.1) is 23.7 Å². The van der Waals surface area contributed by atoms with Crippen LogP contribution in [0.25, 0.3) is 11.1 Å². The molecule has 2 aromatic rings. The summed E-state index contributed by atoms with van der Waals surface area (Å²) in [5.41, 5.74) is 1.55. The van der Waals surface area contributed by atoms with E-state index in [1.54, 1.807) is 41.1 Å². The molecule has 0 unspecified atom stereocenters. The second-order valence-electron chi connectivity index (χ2n) is 6.89. The quantitative estimate of drug-likeness (QED) is 0.692. The van der Waals surface area contributed by atoms with E-state index in [2.05, 4.69) is 6.58 Å². The van der Waals surface area contributed by atoms with Crippen molar-refractivity contribution in [2.75, 3.05) is 27.2 Å². The van der Waals surface area contributed by atoms with Crippen LogP contribution >= 0.6 is 11.6 Å². The predicted octanol–water partition coefficient (Wildman–Crippen LogP) is 4.01. The molecule has 0 spiro atoms. The number of methoxy groups -OCH3 is 1. The second-order valence-corrected chi connectivity index (χ2v) is 7.29. The number of hydrogen-bond acceptors (Lipinski definition) is 3. The molecule has 0 saturated carbocycles. The SMILES string of the molecule is C=CC(=O)N1CC[C@H](N(C)C(=O)c2ccc(-c3cc(F)ccc3OC)cc2Cl)C1. The molecule has 2 aromatic carbocycles. The lowest BCUT2D eigenvalue weighted by atomic mass is 10.0. The number of nitrogens with zero attached hydrogens (tertiary/aromatic N) is 2. The highest BCUT2D eigenvalue weighted by Gasteiger charge is 2.31. The first-order valence-corrected chi connectivity index (χ1v) is 9.55. The molecule has 1 saturated heterocycles. The van der Waals surface area contributed by atoms with Gasteiger partial charge >= 0.3 is 0 Å². The Hall–Kier alpha value is -2.86. The Kier molecular flexibility index (Phi) is 6.23. The van der Waals surface area contributed by atoms with Gasteiger partial charge in [-0.25, -0.2) is 4.39 Å². The van der Waals surface area contributed by atoms with E-state index in [9.17, 15) is 14.0 Å². The number of benzene rings is 2. The molecule has 1 heterocycles. The molecule has 29 heavy (non-hydrogen) atoms. The smallest absolute Gasteiger partial charge is 0.255 e. The second kappa shape index (κ2) is 8.66. The number of ether oxygens (including phenoxy) is 1. The summed E-state index contributed by atoms with van der Waals surface area (Å²) in [6, 6.07) is 9.10. The van der Waals surface area contributed by atoms with E-state index < -0.39 is 5.82 Å². The summed E-state index contributed by atoms with van der Waals surface area (Å²) in [5.74, 6) is -0.251. The number of hydrogen-bond donors (Lipinski definition) is 0. The molecule has 2 amide bonds. The zero-order valence-corrected chi connectivity index (χ0v) is 17.1. The molecule has 3 rings (SSSR count). The van der Waals surface area contributed by atoms with Gasteiger partial charge in [0, 0.05) is 25.7 Å². The van der Waals surface area contributed by atoms with Gasteiger partial charge in [-0.2, -0.15) is 0 Å². The van der Waals surface area contributed by atoms with Gasteiger partial charge in [-0.3, -0.25) is 9.59 Å². The van der Waals surface area contributed by atoms with Crippen molar-refractivity contribution in [3.8, 4) is 16.9 Å². The highest BCUT2D eigenvalue weighted by Crippen LogP contribution is 2.33. The van der Waals surface area contributed by atoms with Crippen LogP contribution in [0.5, 0.6) is 5.75 Å². The maximum absolute atomic E-state index is 13.7. The molecule has 0 aliphatic carbocycles. The topological polar surface area (TPSA) is 49.9 Å². The Morgan fingerprint density at radius 2 is 2.07 bits per heavy atom. The van der Waals surface area contributed by atoms with Gasteiger partial charge in [0.25, 0.3) is 5.91 Å². The molecule has 0 radical (unpaired) electrons. The first-order valence-electron chi connectivity index (χ1n) is 9.17. The van der Waals surface area contributed by atoms with Crippen LogP contribution in [0.3, 0.4) is 0 Å². The van der Waals surface area contributed by atoms with Gasteiger partial charge in [0.15, 0.2) is 0 Å². The summed E-state index contributed by atoms with van der Waals surface area (Å²) in [7, 11) is 3.21. The standard InChI is InChI=1S/C22H22ClFN2O3/c1-4-21(27)26-10-9-16(13-26)25(2)22(28)17-7-5-14(11-19(17)23)18-12-15(24)6-8-20(18)29-3/h4-8,11-12,16H,1,9-10,13H2,2-3H3/t16-/m0/s1. The fourth-order valence-electron chi connectivity index (χ4n) is 3.50. The van der Waals surface area contributed by atoms with Crippen molar-refractivity contribution < 1.29 is 18.7 Å². The monoisotopic (exact) mass is 416 g/mol. The van der Waals surface area contributed by atoms with Crippen LogP contribution in [0, 0.1) is 5.82 Å². The van der Waals surface area contributed by atoms with Gasteiger partial charge in [-0.05, 0) is 48.4 Å². The van der Waals surface area contributed by atoms with Crippen molar-refractivity contribution in [3.05, 3.63) is 65.5 Å². The molecule has 1 fully saturated rings. The minimum absolute atomic E-state index is 0.0922. The number of amides is 2. The maximum atomic E-state index is 13.7. The van der Waals surface area contributed by atoms with Gasteiger partial charge in [-0.1, -0.05) is 24.2 Å². The molecular formula is C22H22ClFN2O3. The summed E-state index contributed by atoms with van der Waals surface area (Å²) >= 11 is 6.40. The van der Waals surface area contributed by atoms with Crippen molar-refractivity contribution in [1.29, 1.82) is 0 Å². The summed E-state index contributed by atoms with van der Waals surface area (Å²) in [5, 5.41) is 0.266. The van der Waals surface area contributed by atoms with E-state index in [1.807, 2.05) is 0 Å². The summed E-state index contributed by atoms with van der Waals surface area (Å²) in [4.78, 5) is 28.0. The minimum Gasteiger partial charge on any atom is -0.496 e. The van der Waals surface area contributed by atoms with Crippen LogP contribution < -0.4 is 4.74 Å². The van der Waals surface area contributed by atoms with E-state index in [4.69, 9.17) is 16.3 Å². The Balaban J connectivity index is 1.82. The molecule has 1 aliphatic heterocycles. The third-order valence-corrected chi connectivity index (χ3v) is 5.50. The van der Waals surface area contributed by atoms with E-state index in [-0.39, 0.29) is 22.9 Å². The van der Waals surface area contributed by atoms with Crippen molar-refractivity contribution in [2.45, 2.75) is 12.5 Å². The Morgan fingerprint density at radius 1 is 1.31 bits per heavy atom. The lowest BCUT2D eigenvalue weighted by molar-refractivity contribution is -0.125. The largest absolute Gasteiger partial charge is 0.496 e. The molecule has 1 atom stereocenters. The van der Waals surface area contributed by atoms with Crippen LogP contribution in [0.1, 0.15) is 16.8 Å². The molecule has 5 nitrogen and oxygen atoms in total. The van der Waals surface area contributed by atoms with E-state index in [0.717, 1.165) is 0 Å². The number of rotatable bonds is 5. The molecule has 1 aliphatic rings. The number of likely N-dealkylation sites (N-methyl/N-ethyl adjacent to an activating group) is 1. The van der Waals surface area contributed by atoms with E-state index in [0.29, 0.717) is 42.0 Å². The predicted molar refractivity (Wildman–Crippen MR) is 111 cm³/mol. The van der Waals surface area contributed by atoms with Crippen molar-refractivity contribution >= 4 is 23.4 Å². The first kappa shape index (κ1) is 20.9. The zero-order chi connectivity index (χ0) is 21.1. The number of likely N-dealkylation sites (tertiary alicyclic amines) is 1.